The van der Waals surface area contributed by atoms with E-state index in [1.807, 2.05) is 10.7 Å². The summed E-state index contributed by atoms with van der Waals surface area (Å²) in [7, 11) is 0. The normalized spacial score (nSPS) is 13.9. The van der Waals surface area contributed by atoms with E-state index in [4.69, 9.17) is 5.10 Å². The summed E-state index contributed by atoms with van der Waals surface area (Å²) in [6.45, 7) is 5.14. The summed E-state index contributed by atoms with van der Waals surface area (Å²) in [6, 6.07) is 13.1. The van der Waals surface area contributed by atoms with Crippen LogP contribution in [0.3, 0.4) is 0 Å². The molecule has 1 aliphatic rings. The van der Waals surface area contributed by atoms with Crippen LogP contribution in [0.25, 0.3) is 16.9 Å². The highest BCUT2D eigenvalue weighted by molar-refractivity contribution is 5.71. The molecule has 0 aliphatic carbocycles. The van der Waals surface area contributed by atoms with Crippen molar-refractivity contribution in [1.29, 1.82) is 0 Å². The summed E-state index contributed by atoms with van der Waals surface area (Å²) < 4.78 is 15.7. The first-order chi connectivity index (χ1) is 12.1. The Labute approximate surface area is 147 Å². The van der Waals surface area contributed by atoms with Crippen molar-refractivity contribution >= 4 is 5.82 Å². The van der Waals surface area contributed by atoms with Crippen LogP contribution in [0, 0.1) is 19.7 Å². The number of halogens is 1. The molecule has 0 atom stereocenters. The zero-order valence-electron chi connectivity index (χ0n) is 14.6. The number of rotatable bonds is 2. The van der Waals surface area contributed by atoms with Crippen LogP contribution in [0.1, 0.15) is 29.5 Å². The predicted molar refractivity (Wildman–Crippen MR) is 99.9 cm³/mol. The highest BCUT2D eigenvalue weighted by atomic mass is 19.1. The lowest BCUT2D eigenvalue weighted by molar-refractivity contribution is 0.628. The van der Waals surface area contributed by atoms with Gasteiger partial charge in [0.2, 0.25) is 0 Å². The predicted octanol–water partition coefficient (Wildman–Crippen LogP) is 5.04. The molecule has 0 bridgehead atoms. The van der Waals surface area contributed by atoms with Gasteiger partial charge in [0.15, 0.2) is 0 Å². The molecule has 2 aromatic carbocycles. The zero-order valence-corrected chi connectivity index (χ0v) is 14.6. The molecule has 0 spiro atoms. The van der Waals surface area contributed by atoms with Gasteiger partial charge in [0, 0.05) is 17.7 Å². The van der Waals surface area contributed by atoms with Gasteiger partial charge in [-0.3, -0.25) is 0 Å². The largest absolute Gasteiger partial charge is 0.370 e. The highest BCUT2D eigenvalue weighted by Gasteiger charge is 2.22. The first-order valence-electron chi connectivity index (χ1n) is 8.83. The molecular formula is C21H22FN3. The van der Waals surface area contributed by atoms with Gasteiger partial charge in [0.05, 0.1) is 11.4 Å². The Morgan fingerprint density at radius 1 is 1.08 bits per heavy atom. The molecule has 4 heteroatoms. The van der Waals surface area contributed by atoms with E-state index in [2.05, 4.69) is 37.4 Å². The average molecular weight is 335 g/mol. The van der Waals surface area contributed by atoms with Gasteiger partial charge >= 0.3 is 0 Å². The Kier molecular flexibility index (Phi) is 4.04. The molecule has 0 unspecified atom stereocenters. The van der Waals surface area contributed by atoms with Crippen molar-refractivity contribution in [2.24, 2.45) is 0 Å². The van der Waals surface area contributed by atoms with Crippen molar-refractivity contribution in [2.45, 2.75) is 33.1 Å². The standard InChI is InChI=1S/C21H22FN3/c1-14-9-10-19(15(2)12-14)25-21-18(8-3-4-11-23-21)20(24-25)16-6-5-7-17(22)13-16/h5-7,9-10,12-13,23H,3-4,8,11H2,1-2H3. The fourth-order valence-corrected chi connectivity index (χ4v) is 3.59. The summed E-state index contributed by atoms with van der Waals surface area (Å²) in [5.41, 5.74) is 6.38. The molecule has 0 radical (unpaired) electrons. The molecule has 2 heterocycles. The van der Waals surface area contributed by atoms with E-state index in [9.17, 15) is 4.39 Å². The van der Waals surface area contributed by atoms with E-state index in [0.717, 1.165) is 48.6 Å². The SMILES string of the molecule is Cc1ccc(-n2nc(-c3cccc(F)c3)c3c2NCCCC3)c(C)c1. The van der Waals surface area contributed by atoms with Crippen LogP contribution in [0.15, 0.2) is 42.5 Å². The van der Waals surface area contributed by atoms with E-state index >= 15 is 0 Å². The van der Waals surface area contributed by atoms with Crippen molar-refractivity contribution < 1.29 is 4.39 Å². The topological polar surface area (TPSA) is 29.9 Å². The van der Waals surface area contributed by atoms with Gasteiger partial charge in [0.25, 0.3) is 0 Å². The molecule has 4 rings (SSSR count). The number of aryl methyl sites for hydroxylation is 2. The molecule has 1 N–H and O–H groups in total. The van der Waals surface area contributed by atoms with Crippen molar-refractivity contribution in [3.05, 3.63) is 65.0 Å². The van der Waals surface area contributed by atoms with E-state index in [0.29, 0.717) is 0 Å². The number of anilines is 1. The van der Waals surface area contributed by atoms with Gasteiger partial charge in [-0.1, -0.05) is 29.8 Å². The first-order valence-corrected chi connectivity index (χ1v) is 8.83. The third-order valence-electron chi connectivity index (χ3n) is 4.81. The quantitative estimate of drug-likeness (QED) is 0.711. The van der Waals surface area contributed by atoms with E-state index in [-0.39, 0.29) is 5.82 Å². The van der Waals surface area contributed by atoms with Crippen LogP contribution >= 0.6 is 0 Å². The molecule has 1 aliphatic heterocycles. The third-order valence-corrected chi connectivity index (χ3v) is 4.81. The second-order valence-corrected chi connectivity index (χ2v) is 6.77. The zero-order chi connectivity index (χ0) is 17.4. The Morgan fingerprint density at radius 3 is 2.76 bits per heavy atom. The van der Waals surface area contributed by atoms with Crippen LogP contribution in [-0.4, -0.2) is 16.3 Å². The first kappa shape index (κ1) is 15.9. The summed E-state index contributed by atoms with van der Waals surface area (Å²) in [4.78, 5) is 0. The highest BCUT2D eigenvalue weighted by Crippen LogP contribution is 2.34. The number of fused-ring (bicyclic) bond motifs is 1. The minimum atomic E-state index is -0.228. The molecule has 0 fully saturated rings. The second kappa shape index (κ2) is 6.36. The number of aromatic nitrogens is 2. The second-order valence-electron chi connectivity index (χ2n) is 6.77. The molecule has 0 saturated heterocycles. The fraction of sp³-hybridized carbons (Fsp3) is 0.286. The van der Waals surface area contributed by atoms with Crippen molar-refractivity contribution in [3.63, 3.8) is 0 Å². The summed E-state index contributed by atoms with van der Waals surface area (Å²) in [5.74, 6) is 0.817. The smallest absolute Gasteiger partial charge is 0.133 e. The van der Waals surface area contributed by atoms with Gasteiger partial charge in [-0.15, -0.1) is 0 Å². The monoisotopic (exact) mass is 335 g/mol. The van der Waals surface area contributed by atoms with Crippen molar-refractivity contribution in [3.8, 4) is 16.9 Å². The van der Waals surface area contributed by atoms with Gasteiger partial charge in [0.1, 0.15) is 11.6 Å². The number of benzene rings is 2. The van der Waals surface area contributed by atoms with Crippen molar-refractivity contribution in [2.75, 3.05) is 11.9 Å². The minimum absolute atomic E-state index is 0.228. The van der Waals surface area contributed by atoms with Gasteiger partial charge < -0.3 is 5.32 Å². The van der Waals surface area contributed by atoms with E-state index in [1.54, 1.807) is 12.1 Å². The van der Waals surface area contributed by atoms with Crippen molar-refractivity contribution in [1.82, 2.24) is 9.78 Å². The molecule has 1 aromatic heterocycles. The van der Waals surface area contributed by atoms with E-state index < -0.39 is 0 Å². The minimum Gasteiger partial charge on any atom is -0.370 e. The van der Waals surface area contributed by atoms with Gasteiger partial charge in [-0.2, -0.15) is 5.10 Å². The molecule has 3 nitrogen and oxygen atoms in total. The molecule has 0 saturated carbocycles. The lowest BCUT2D eigenvalue weighted by Gasteiger charge is -2.12. The van der Waals surface area contributed by atoms with Crippen LogP contribution < -0.4 is 5.32 Å². The summed E-state index contributed by atoms with van der Waals surface area (Å²) in [6.07, 6.45) is 3.20. The number of nitrogens with zero attached hydrogens (tertiary/aromatic N) is 2. The lowest BCUT2D eigenvalue weighted by atomic mass is 10.0. The Morgan fingerprint density at radius 2 is 1.96 bits per heavy atom. The van der Waals surface area contributed by atoms with Crippen LogP contribution in [0.2, 0.25) is 0 Å². The maximum absolute atomic E-state index is 13.8. The number of hydrogen-bond acceptors (Lipinski definition) is 2. The van der Waals surface area contributed by atoms with E-state index in [1.165, 1.54) is 22.8 Å². The molecule has 25 heavy (non-hydrogen) atoms. The maximum Gasteiger partial charge on any atom is 0.133 e. The fourth-order valence-electron chi connectivity index (χ4n) is 3.59. The summed E-state index contributed by atoms with van der Waals surface area (Å²) >= 11 is 0. The number of nitrogens with one attached hydrogen (secondary N) is 1. The molecule has 3 aromatic rings. The Bertz CT molecular complexity index is 927. The summed E-state index contributed by atoms with van der Waals surface area (Å²) in [5, 5.41) is 8.44. The molecule has 0 amide bonds. The maximum atomic E-state index is 13.8. The average Bonchev–Trinajstić information content (AvgIpc) is 2.77. The van der Waals surface area contributed by atoms with Gasteiger partial charge in [-0.25, -0.2) is 9.07 Å². The van der Waals surface area contributed by atoms with Gasteiger partial charge in [-0.05, 0) is 56.9 Å². The lowest BCUT2D eigenvalue weighted by Crippen LogP contribution is -2.08. The van der Waals surface area contributed by atoms with Crippen LogP contribution in [0.5, 0.6) is 0 Å². The Hall–Kier alpha value is -2.62. The van der Waals surface area contributed by atoms with Crippen LogP contribution in [-0.2, 0) is 6.42 Å². The van der Waals surface area contributed by atoms with Crippen LogP contribution in [0.4, 0.5) is 10.2 Å². The third kappa shape index (κ3) is 2.93. The molecular weight excluding hydrogens is 313 g/mol. The molecule has 128 valence electrons. The number of hydrogen-bond donors (Lipinski definition) is 1. The Balaban J connectivity index is 1.93.